The zero-order valence-corrected chi connectivity index (χ0v) is 15.5. The van der Waals surface area contributed by atoms with Crippen LogP contribution < -0.4 is 10.0 Å². The van der Waals surface area contributed by atoms with Crippen LogP contribution in [0.25, 0.3) is 0 Å². The number of hydrogen-bond donors (Lipinski definition) is 2. The second kappa shape index (κ2) is 5.95. The largest absolute Gasteiger partial charge is 0.307 e. The molecule has 0 radical (unpaired) electrons. The normalized spacial score (nSPS) is 21.7. The Morgan fingerprint density at radius 2 is 1.64 bits per heavy atom. The van der Waals surface area contributed by atoms with E-state index < -0.39 is 10.0 Å². The summed E-state index contributed by atoms with van der Waals surface area (Å²) in [6.07, 6.45) is 1.44. The van der Waals surface area contributed by atoms with Crippen molar-refractivity contribution in [1.29, 1.82) is 0 Å². The van der Waals surface area contributed by atoms with Gasteiger partial charge in [0, 0.05) is 17.1 Å². The molecular weight excluding hydrogens is 343 g/mol. The van der Waals surface area contributed by atoms with Gasteiger partial charge < -0.3 is 5.32 Å². The quantitative estimate of drug-likeness (QED) is 0.861. The minimum Gasteiger partial charge on any atom is -0.307 e. The minimum atomic E-state index is -3.62. The Labute approximate surface area is 142 Å². The highest BCUT2D eigenvalue weighted by Gasteiger charge is 2.39. The van der Waals surface area contributed by atoms with Crippen molar-refractivity contribution >= 4 is 33.2 Å². The number of piperidine rings is 1. The maximum atomic E-state index is 12.6. The van der Waals surface area contributed by atoms with Crippen LogP contribution in [0, 0.1) is 0 Å². The standard InChI is InChI=1S/C15H22Cl2N2O2S/c1-14(2)8-10(9-15(3,4)19-14)18-22(20,21)11-5-6-12(16)13(17)7-11/h5-7,10,18-19H,8-9H2,1-4H3. The van der Waals surface area contributed by atoms with E-state index in [0.717, 1.165) is 12.8 Å². The molecule has 1 saturated heterocycles. The molecule has 2 N–H and O–H groups in total. The zero-order valence-electron chi connectivity index (χ0n) is 13.2. The fourth-order valence-corrected chi connectivity index (χ4v) is 4.96. The summed E-state index contributed by atoms with van der Waals surface area (Å²) in [6.45, 7) is 8.31. The van der Waals surface area contributed by atoms with Gasteiger partial charge in [0.15, 0.2) is 0 Å². The third kappa shape index (κ3) is 4.36. The Morgan fingerprint density at radius 3 is 2.14 bits per heavy atom. The Kier molecular flexibility index (Phi) is 4.87. The second-order valence-electron chi connectivity index (χ2n) is 7.20. The first-order chi connectivity index (χ1) is 9.90. The van der Waals surface area contributed by atoms with Gasteiger partial charge in [-0.25, -0.2) is 13.1 Å². The van der Waals surface area contributed by atoms with E-state index in [1.165, 1.54) is 18.2 Å². The molecule has 124 valence electrons. The van der Waals surface area contributed by atoms with Gasteiger partial charge in [0.05, 0.1) is 14.9 Å². The lowest BCUT2D eigenvalue weighted by atomic mass is 9.80. The lowest BCUT2D eigenvalue weighted by Crippen LogP contribution is -2.62. The molecule has 0 unspecified atom stereocenters. The number of benzene rings is 1. The van der Waals surface area contributed by atoms with E-state index in [1.807, 2.05) is 0 Å². The van der Waals surface area contributed by atoms with Crippen molar-refractivity contribution in [3.63, 3.8) is 0 Å². The molecule has 0 bridgehead atoms. The van der Waals surface area contributed by atoms with Crippen LogP contribution in [0.1, 0.15) is 40.5 Å². The highest BCUT2D eigenvalue weighted by molar-refractivity contribution is 7.89. The summed E-state index contributed by atoms with van der Waals surface area (Å²) in [4.78, 5) is 0.135. The van der Waals surface area contributed by atoms with Gasteiger partial charge in [0.25, 0.3) is 0 Å². The third-order valence-corrected chi connectivity index (χ3v) is 5.97. The average molecular weight is 365 g/mol. The van der Waals surface area contributed by atoms with Gasteiger partial charge in [0.2, 0.25) is 10.0 Å². The van der Waals surface area contributed by atoms with Crippen molar-refractivity contribution in [1.82, 2.24) is 10.0 Å². The van der Waals surface area contributed by atoms with Crippen molar-refractivity contribution in [3.05, 3.63) is 28.2 Å². The molecule has 0 atom stereocenters. The number of sulfonamides is 1. The molecule has 1 aromatic rings. The Morgan fingerprint density at radius 1 is 1.09 bits per heavy atom. The van der Waals surface area contributed by atoms with Gasteiger partial charge in [0.1, 0.15) is 0 Å². The topological polar surface area (TPSA) is 58.2 Å². The summed E-state index contributed by atoms with van der Waals surface area (Å²) in [5.74, 6) is 0. The fourth-order valence-electron chi connectivity index (χ4n) is 3.34. The van der Waals surface area contributed by atoms with Crippen LogP contribution in [0.5, 0.6) is 0 Å². The molecule has 1 aromatic carbocycles. The van der Waals surface area contributed by atoms with Crippen LogP contribution in [-0.4, -0.2) is 25.5 Å². The molecule has 0 saturated carbocycles. The van der Waals surface area contributed by atoms with Crippen LogP contribution in [0.3, 0.4) is 0 Å². The van der Waals surface area contributed by atoms with E-state index in [-0.39, 0.29) is 27.0 Å². The molecule has 22 heavy (non-hydrogen) atoms. The van der Waals surface area contributed by atoms with Crippen molar-refractivity contribution in [2.24, 2.45) is 0 Å². The SMILES string of the molecule is CC1(C)CC(NS(=O)(=O)c2ccc(Cl)c(Cl)c2)CC(C)(C)N1. The lowest BCUT2D eigenvalue weighted by Gasteiger charge is -2.46. The molecule has 1 aliphatic heterocycles. The first-order valence-electron chi connectivity index (χ1n) is 7.17. The van der Waals surface area contributed by atoms with E-state index >= 15 is 0 Å². The monoisotopic (exact) mass is 364 g/mol. The number of hydrogen-bond acceptors (Lipinski definition) is 3. The van der Waals surface area contributed by atoms with Crippen LogP contribution >= 0.6 is 23.2 Å². The van der Waals surface area contributed by atoms with Crippen LogP contribution in [-0.2, 0) is 10.0 Å². The van der Waals surface area contributed by atoms with E-state index in [0.29, 0.717) is 5.02 Å². The van der Waals surface area contributed by atoms with E-state index in [1.54, 1.807) is 0 Å². The van der Waals surface area contributed by atoms with Gasteiger partial charge in [-0.2, -0.15) is 0 Å². The molecule has 1 aliphatic rings. The summed E-state index contributed by atoms with van der Waals surface area (Å²) in [5.41, 5.74) is -0.265. The molecule has 1 heterocycles. The van der Waals surface area contributed by atoms with Crippen LogP contribution in [0.15, 0.2) is 23.1 Å². The van der Waals surface area contributed by atoms with Gasteiger partial charge >= 0.3 is 0 Å². The summed E-state index contributed by atoms with van der Waals surface area (Å²) >= 11 is 11.8. The number of nitrogens with one attached hydrogen (secondary N) is 2. The second-order valence-corrected chi connectivity index (χ2v) is 9.72. The lowest BCUT2D eigenvalue weighted by molar-refractivity contribution is 0.157. The summed E-state index contributed by atoms with van der Waals surface area (Å²) in [6, 6.07) is 4.21. The molecule has 0 amide bonds. The summed E-state index contributed by atoms with van der Waals surface area (Å²) < 4.78 is 27.9. The Balaban J connectivity index is 2.23. The van der Waals surface area contributed by atoms with Crippen molar-refractivity contribution in [3.8, 4) is 0 Å². The van der Waals surface area contributed by atoms with Crippen molar-refractivity contribution < 1.29 is 8.42 Å². The zero-order chi connectivity index (χ0) is 16.8. The van der Waals surface area contributed by atoms with E-state index in [2.05, 4.69) is 37.7 Å². The highest BCUT2D eigenvalue weighted by atomic mass is 35.5. The highest BCUT2D eigenvalue weighted by Crippen LogP contribution is 2.30. The third-order valence-electron chi connectivity index (χ3n) is 3.71. The smallest absolute Gasteiger partial charge is 0.240 e. The van der Waals surface area contributed by atoms with Gasteiger partial charge in [-0.05, 0) is 58.7 Å². The number of halogens is 2. The molecule has 4 nitrogen and oxygen atoms in total. The molecule has 2 rings (SSSR count). The molecule has 7 heteroatoms. The van der Waals surface area contributed by atoms with Gasteiger partial charge in [-0.3, -0.25) is 0 Å². The number of rotatable bonds is 3. The first kappa shape index (κ1) is 18.0. The summed E-state index contributed by atoms with van der Waals surface area (Å²) in [5, 5.41) is 4.10. The maximum Gasteiger partial charge on any atom is 0.240 e. The fraction of sp³-hybridized carbons (Fsp3) is 0.600. The molecule has 0 aromatic heterocycles. The predicted octanol–water partition coefficient (Wildman–Crippen LogP) is 3.58. The first-order valence-corrected chi connectivity index (χ1v) is 9.41. The Hall–Kier alpha value is -0.330. The van der Waals surface area contributed by atoms with Crippen LogP contribution in [0.4, 0.5) is 0 Å². The molecule has 0 aliphatic carbocycles. The molecule has 0 spiro atoms. The predicted molar refractivity (Wildman–Crippen MR) is 91.1 cm³/mol. The maximum absolute atomic E-state index is 12.6. The average Bonchev–Trinajstić information content (AvgIpc) is 2.27. The van der Waals surface area contributed by atoms with Crippen LogP contribution in [0.2, 0.25) is 10.0 Å². The van der Waals surface area contributed by atoms with Crippen molar-refractivity contribution in [2.45, 2.75) is 62.6 Å². The van der Waals surface area contributed by atoms with E-state index in [9.17, 15) is 8.42 Å². The van der Waals surface area contributed by atoms with E-state index in [4.69, 9.17) is 23.2 Å². The Bertz CT molecular complexity index is 656. The minimum absolute atomic E-state index is 0.132. The molecular formula is C15H22Cl2N2O2S. The van der Waals surface area contributed by atoms with Gasteiger partial charge in [-0.15, -0.1) is 0 Å². The van der Waals surface area contributed by atoms with Gasteiger partial charge in [-0.1, -0.05) is 23.2 Å². The summed E-state index contributed by atoms with van der Waals surface area (Å²) in [7, 11) is -3.62. The van der Waals surface area contributed by atoms with Crippen molar-refractivity contribution in [2.75, 3.05) is 0 Å². The molecule has 1 fully saturated rings.